The lowest BCUT2D eigenvalue weighted by Gasteiger charge is -2.09. The first-order chi connectivity index (χ1) is 14.3. The first kappa shape index (κ1) is 18.7. The monoisotopic (exact) mass is 391 g/mol. The second kappa shape index (κ2) is 9.01. The van der Waals surface area contributed by atoms with Gasteiger partial charge in [0, 0.05) is 6.54 Å². The number of nitrogens with one attached hydrogen (secondary N) is 1. The molecule has 6 heteroatoms. The van der Waals surface area contributed by atoms with Crippen molar-refractivity contribution in [2.45, 2.75) is 6.42 Å². The molecular formula is C23H21NO5. The number of hydrogen-bond acceptors (Lipinski definition) is 5. The highest BCUT2D eigenvalue weighted by atomic mass is 16.7. The maximum atomic E-state index is 12.0. The van der Waals surface area contributed by atoms with Crippen LogP contribution < -0.4 is 24.3 Å². The number of benzene rings is 3. The summed E-state index contributed by atoms with van der Waals surface area (Å²) in [5.41, 5.74) is 1.07. The molecule has 0 aliphatic carbocycles. The third-order valence-corrected chi connectivity index (χ3v) is 4.35. The molecule has 0 aromatic heterocycles. The van der Waals surface area contributed by atoms with Crippen molar-refractivity contribution in [1.29, 1.82) is 0 Å². The molecule has 6 nitrogen and oxygen atoms in total. The van der Waals surface area contributed by atoms with Crippen LogP contribution in [0.2, 0.25) is 0 Å². The number of ether oxygens (including phenoxy) is 4. The van der Waals surface area contributed by atoms with Crippen LogP contribution in [-0.4, -0.2) is 25.9 Å². The lowest BCUT2D eigenvalue weighted by molar-refractivity contribution is -0.123. The van der Waals surface area contributed by atoms with Crippen molar-refractivity contribution in [3.63, 3.8) is 0 Å². The van der Waals surface area contributed by atoms with Gasteiger partial charge in [-0.25, -0.2) is 0 Å². The molecule has 0 radical (unpaired) electrons. The summed E-state index contributed by atoms with van der Waals surface area (Å²) >= 11 is 0. The SMILES string of the molecule is O=C(COc1ccc(Oc2ccccc2)cc1)NCCc1ccc2c(c1)OCO2. The Hall–Kier alpha value is -3.67. The third kappa shape index (κ3) is 5.19. The average molecular weight is 391 g/mol. The zero-order valence-corrected chi connectivity index (χ0v) is 15.8. The van der Waals surface area contributed by atoms with Crippen LogP contribution in [0, 0.1) is 0 Å². The number of amides is 1. The Morgan fingerprint density at radius 3 is 2.41 bits per heavy atom. The van der Waals surface area contributed by atoms with Crippen molar-refractivity contribution >= 4 is 5.91 Å². The molecule has 0 saturated heterocycles. The number of rotatable bonds is 8. The fourth-order valence-corrected chi connectivity index (χ4v) is 2.87. The molecule has 4 rings (SSSR count). The number of fused-ring (bicyclic) bond motifs is 1. The van der Waals surface area contributed by atoms with Crippen molar-refractivity contribution < 1.29 is 23.7 Å². The molecular weight excluding hydrogens is 370 g/mol. The minimum atomic E-state index is -0.171. The average Bonchev–Trinajstić information content (AvgIpc) is 3.22. The van der Waals surface area contributed by atoms with E-state index in [-0.39, 0.29) is 19.3 Å². The van der Waals surface area contributed by atoms with Gasteiger partial charge in [0.15, 0.2) is 18.1 Å². The maximum absolute atomic E-state index is 12.0. The Bertz CT molecular complexity index is 957. The second-order valence-corrected chi connectivity index (χ2v) is 6.46. The smallest absolute Gasteiger partial charge is 0.257 e. The van der Waals surface area contributed by atoms with Gasteiger partial charge < -0.3 is 24.3 Å². The van der Waals surface area contributed by atoms with Gasteiger partial charge in [-0.3, -0.25) is 4.79 Å². The number of carbonyl (C=O) groups is 1. The summed E-state index contributed by atoms with van der Waals surface area (Å²) in [5.74, 6) is 3.41. The van der Waals surface area contributed by atoms with Crippen LogP contribution >= 0.6 is 0 Å². The largest absolute Gasteiger partial charge is 0.484 e. The van der Waals surface area contributed by atoms with E-state index in [1.807, 2.05) is 48.5 Å². The lowest BCUT2D eigenvalue weighted by atomic mass is 10.1. The number of para-hydroxylation sites is 1. The molecule has 29 heavy (non-hydrogen) atoms. The minimum Gasteiger partial charge on any atom is -0.484 e. The van der Waals surface area contributed by atoms with Gasteiger partial charge in [-0.1, -0.05) is 24.3 Å². The molecule has 1 N–H and O–H groups in total. The molecule has 0 saturated carbocycles. The van der Waals surface area contributed by atoms with Gasteiger partial charge in [-0.2, -0.15) is 0 Å². The van der Waals surface area contributed by atoms with Gasteiger partial charge in [-0.05, 0) is 60.5 Å². The van der Waals surface area contributed by atoms with Gasteiger partial charge in [0.05, 0.1) is 0 Å². The van der Waals surface area contributed by atoms with E-state index in [1.54, 1.807) is 24.3 Å². The van der Waals surface area contributed by atoms with Gasteiger partial charge >= 0.3 is 0 Å². The van der Waals surface area contributed by atoms with Crippen LogP contribution in [0.25, 0.3) is 0 Å². The van der Waals surface area contributed by atoms with E-state index in [9.17, 15) is 4.79 Å². The fourth-order valence-electron chi connectivity index (χ4n) is 2.87. The Morgan fingerprint density at radius 1 is 0.862 bits per heavy atom. The first-order valence-electron chi connectivity index (χ1n) is 9.37. The Labute approximate surface area is 169 Å². The molecule has 1 amide bonds. The van der Waals surface area contributed by atoms with Crippen molar-refractivity contribution in [2.24, 2.45) is 0 Å². The summed E-state index contributed by atoms with van der Waals surface area (Å²) in [6.45, 7) is 0.734. The molecule has 0 atom stereocenters. The molecule has 0 unspecified atom stereocenters. The second-order valence-electron chi connectivity index (χ2n) is 6.46. The predicted molar refractivity (Wildman–Crippen MR) is 108 cm³/mol. The summed E-state index contributed by atoms with van der Waals surface area (Å²) < 4.78 is 21.9. The molecule has 1 aliphatic heterocycles. The zero-order chi connectivity index (χ0) is 19.9. The van der Waals surface area contributed by atoms with Crippen molar-refractivity contribution in [3.05, 3.63) is 78.4 Å². The first-order valence-corrected chi connectivity index (χ1v) is 9.37. The van der Waals surface area contributed by atoms with E-state index >= 15 is 0 Å². The topological polar surface area (TPSA) is 66.0 Å². The number of hydrogen-bond donors (Lipinski definition) is 1. The highest BCUT2D eigenvalue weighted by Crippen LogP contribution is 2.32. The van der Waals surface area contributed by atoms with E-state index in [0.717, 1.165) is 22.8 Å². The van der Waals surface area contributed by atoms with Gasteiger partial charge in [0.2, 0.25) is 6.79 Å². The van der Waals surface area contributed by atoms with E-state index in [0.29, 0.717) is 24.5 Å². The van der Waals surface area contributed by atoms with Crippen LogP contribution in [0.5, 0.6) is 28.7 Å². The molecule has 148 valence electrons. The lowest BCUT2D eigenvalue weighted by Crippen LogP contribution is -2.30. The van der Waals surface area contributed by atoms with Crippen LogP contribution in [-0.2, 0) is 11.2 Å². The maximum Gasteiger partial charge on any atom is 0.257 e. The quantitative estimate of drug-likeness (QED) is 0.630. The van der Waals surface area contributed by atoms with Crippen molar-refractivity contribution in [3.8, 4) is 28.7 Å². The van der Waals surface area contributed by atoms with Crippen LogP contribution in [0.15, 0.2) is 72.8 Å². The van der Waals surface area contributed by atoms with Crippen molar-refractivity contribution in [1.82, 2.24) is 5.32 Å². The van der Waals surface area contributed by atoms with Gasteiger partial charge in [0.1, 0.15) is 17.2 Å². The highest BCUT2D eigenvalue weighted by molar-refractivity contribution is 5.77. The van der Waals surface area contributed by atoms with E-state index in [2.05, 4.69) is 5.32 Å². The fraction of sp³-hybridized carbons (Fsp3) is 0.174. The summed E-state index contributed by atoms with van der Waals surface area (Å²) in [7, 11) is 0. The molecule has 3 aromatic rings. The standard InChI is InChI=1S/C23H21NO5/c25-23(24-13-12-17-6-11-21-22(14-17)28-16-27-21)15-26-18-7-9-20(10-8-18)29-19-4-2-1-3-5-19/h1-11,14H,12-13,15-16H2,(H,24,25). The summed E-state index contributed by atoms with van der Waals surface area (Å²) in [4.78, 5) is 12.0. The molecule has 3 aromatic carbocycles. The summed E-state index contributed by atoms with van der Waals surface area (Å²) in [6.07, 6.45) is 0.702. The van der Waals surface area contributed by atoms with E-state index in [4.69, 9.17) is 18.9 Å². The van der Waals surface area contributed by atoms with Crippen molar-refractivity contribution in [2.75, 3.05) is 19.9 Å². The highest BCUT2D eigenvalue weighted by Gasteiger charge is 2.13. The molecule has 1 heterocycles. The van der Waals surface area contributed by atoms with E-state index in [1.165, 1.54) is 0 Å². The summed E-state index contributed by atoms with van der Waals surface area (Å²) in [6, 6.07) is 22.5. The van der Waals surface area contributed by atoms with Gasteiger partial charge in [-0.15, -0.1) is 0 Å². The normalized spacial score (nSPS) is 11.7. The molecule has 0 spiro atoms. The molecule has 0 fully saturated rings. The Morgan fingerprint density at radius 2 is 1.59 bits per heavy atom. The predicted octanol–water partition coefficient (Wildman–Crippen LogP) is 3.95. The Balaban J connectivity index is 1.18. The Kier molecular flexibility index (Phi) is 5.81. The third-order valence-electron chi connectivity index (χ3n) is 4.35. The summed E-state index contributed by atoms with van der Waals surface area (Å²) in [5, 5.41) is 2.85. The van der Waals surface area contributed by atoms with Crippen LogP contribution in [0.3, 0.4) is 0 Å². The van der Waals surface area contributed by atoms with Gasteiger partial charge in [0.25, 0.3) is 5.91 Å². The van der Waals surface area contributed by atoms with E-state index < -0.39 is 0 Å². The molecule has 0 bridgehead atoms. The number of carbonyl (C=O) groups excluding carboxylic acids is 1. The zero-order valence-electron chi connectivity index (χ0n) is 15.8. The molecule has 1 aliphatic rings. The van der Waals surface area contributed by atoms with Crippen LogP contribution in [0.4, 0.5) is 0 Å². The van der Waals surface area contributed by atoms with Crippen LogP contribution in [0.1, 0.15) is 5.56 Å². The minimum absolute atomic E-state index is 0.0416.